The van der Waals surface area contributed by atoms with Crippen LogP contribution in [0.15, 0.2) is 24.3 Å². The molecule has 2 N–H and O–H groups in total. The zero-order valence-corrected chi connectivity index (χ0v) is 10.8. The van der Waals surface area contributed by atoms with E-state index in [0.29, 0.717) is 5.41 Å². The number of rotatable bonds is 1. The van der Waals surface area contributed by atoms with Gasteiger partial charge in [0.2, 0.25) is 0 Å². The van der Waals surface area contributed by atoms with E-state index in [1.54, 1.807) is 0 Å². The second-order valence-electron chi connectivity index (χ2n) is 4.66. The monoisotopic (exact) mass is 221 g/mol. The molecule has 1 aliphatic carbocycles. The highest BCUT2D eigenvalue weighted by atomic mass is 16.1. The minimum absolute atomic E-state index is 0.565. The molecule has 1 aromatic rings. The van der Waals surface area contributed by atoms with Crippen LogP contribution in [0.5, 0.6) is 0 Å². The van der Waals surface area contributed by atoms with Gasteiger partial charge >= 0.3 is 0 Å². The van der Waals surface area contributed by atoms with Gasteiger partial charge in [0.1, 0.15) is 6.79 Å². The molecule has 1 aromatic carbocycles. The number of hydrogen-bond donors (Lipinski definition) is 1. The summed E-state index contributed by atoms with van der Waals surface area (Å²) in [6, 6.07) is 8.97. The summed E-state index contributed by atoms with van der Waals surface area (Å²) >= 11 is 0. The molecule has 2 rings (SSSR count). The summed E-state index contributed by atoms with van der Waals surface area (Å²) in [5, 5.41) is 0. The Morgan fingerprint density at radius 1 is 1.19 bits per heavy atom. The number of benzene rings is 1. The van der Waals surface area contributed by atoms with Crippen molar-refractivity contribution >= 4 is 6.79 Å². The molecule has 16 heavy (non-hydrogen) atoms. The highest BCUT2D eigenvalue weighted by molar-refractivity contribution is 5.30. The molecular formula is C14H23NO. The van der Waals surface area contributed by atoms with Gasteiger partial charge in [-0.15, -0.1) is 0 Å². The lowest BCUT2D eigenvalue weighted by Crippen LogP contribution is -1.89. The maximum absolute atomic E-state index is 8.00. The standard InChI is InChI=1S/C12H16.CH5N.CH2O/c1-9-4-6-10(7-5-9)11-8-12(11,2)3;2*1-2/h4-7,11H,8H2,1-3H3;2H2,1H3;1H2. The van der Waals surface area contributed by atoms with Crippen molar-refractivity contribution in [3.8, 4) is 0 Å². The Balaban J connectivity index is 0.000000509. The van der Waals surface area contributed by atoms with Crippen molar-refractivity contribution in [1.29, 1.82) is 0 Å². The van der Waals surface area contributed by atoms with E-state index in [-0.39, 0.29) is 0 Å². The quantitative estimate of drug-likeness (QED) is 0.792. The first-order valence-electron chi connectivity index (χ1n) is 5.53. The van der Waals surface area contributed by atoms with Gasteiger partial charge < -0.3 is 10.5 Å². The van der Waals surface area contributed by atoms with Crippen molar-refractivity contribution in [3.63, 3.8) is 0 Å². The number of carbonyl (C=O) groups is 1. The molecule has 1 atom stereocenters. The molecule has 1 aliphatic rings. The van der Waals surface area contributed by atoms with Crippen molar-refractivity contribution in [3.05, 3.63) is 35.4 Å². The van der Waals surface area contributed by atoms with E-state index in [2.05, 4.69) is 50.8 Å². The van der Waals surface area contributed by atoms with Crippen LogP contribution in [0.25, 0.3) is 0 Å². The van der Waals surface area contributed by atoms with Crippen LogP contribution in [0, 0.1) is 12.3 Å². The minimum atomic E-state index is 0.565. The van der Waals surface area contributed by atoms with E-state index in [1.807, 2.05) is 6.79 Å². The predicted molar refractivity (Wildman–Crippen MR) is 69.6 cm³/mol. The second-order valence-corrected chi connectivity index (χ2v) is 4.66. The Labute approximate surface area is 98.9 Å². The molecule has 0 saturated heterocycles. The Morgan fingerprint density at radius 3 is 1.88 bits per heavy atom. The summed E-state index contributed by atoms with van der Waals surface area (Å²) in [6.07, 6.45) is 1.36. The van der Waals surface area contributed by atoms with Gasteiger partial charge in [-0.1, -0.05) is 43.7 Å². The number of nitrogens with two attached hydrogens (primary N) is 1. The molecule has 90 valence electrons. The zero-order valence-electron chi connectivity index (χ0n) is 10.8. The average molecular weight is 221 g/mol. The lowest BCUT2D eigenvalue weighted by Gasteiger charge is -2.03. The highest BCUT2D eigenvalue weighted by Crippen LogP contribution is 2.58. The van der Waals surface area contributed by atoms with E-state index in [0.717, 1.165) is 5.92 Å². The Morgan fingerprint density at radius 2 is 1.56 bits per heavy atom. The first kappa shape index (κ1) is 14.8. The SMILES string of the molecule is C=O.CN.Cc1ccc(C2CC2(C)C)cc1. The molecule has 0 spiro atoms. The van der Waals surface area contributed by atoms with Crippen molar-refractivity contribution in [2.75, 3.05) is 7.05 Å². The molecule has 1 saturated carbocycles. The molecule has 0 amide bonds. The third kappa shape index (κ3) is 3.78. The summed E-state index contributed by atoms with van der Waals surface area (Å²) in [4.78, 5) is 8.00. The molecule has 1 fully saturated rings. The van der Waals surface area contributed by atoms with E-state index in [9.17, 15) is 0 Å². The van der Waals surface area contributed by atoms with Crippen LogP contribution in [-0.2, 0) is 4.79 Å². The molecule has 2 heteroatoms. The molecule has 0 aliphatic heterocycles. The van der Waals surface area contributed by atoms with Crippen molar-refractivity contribution in [1.82, 2.24) is 0 Å². The fourth-order valence-corrected chi connectivity index (χ4v) is 1.83. The second kappa shape index (κ2) is 6.44. The van der Waals surface area contributed by atoms with Crippen LogP contribution in [0.1, 0.15) is 37.3 Å². The molecular weight excluding hydrogens is 198 g/mol. The average Bonchev–Trinajstić information content (AvgIpc) is 2.94. The molecule has 1 unspecified atom stereocenters. The first-order valence-corrected chi connectivity index (χ1v) is 5.53. The third-order valence-electron chi connectivity index (χ3n) is 2.99. The lowest BCUT2D eigenvalue weighted by molar-refractivity contribution is -0.0979. The Hall–Kier alpha value is -1.15. The summed E-state index contributed by atoms with van der Waals surface area (Å²) in [5.74, 6) is 0.818. The number of hydrogen-bond acceptors (Lipinski definition) is 2. The van der Waals surface area contributed by atoms with Crippen LogP contribution in [0.2, 0.25) is 0 Å². The van der Waals surface area contributed by atoms with Gasteiger partial charge in [-0.05, 0) is 37.3 Å². The molecule has 0 radical (unpaired) electrons. The van der Waals surface area contributed by atoms with E-state index in [4.69, 9.17) is 4.79 Å². The van der Waals surface area contributed by atoms with Gasteiger partial charge in [0, 0.05) is 0 Å². The summed E-state index contributed by atoms with van der Waals surface area (Å²) in [7, 11) is 1.50. The van der Waals surface area contributed by atoms with Crippen molar-refractivity contribution < 1.29 is 4.79 Å². The van der Waals surface area contributed by atoms with Gasteiger partial charge in [-0.3, -0.25) is 0 Å². The zero-order chi connectivity index (χ0) is 12.8. The van der Waals surface area contributed by atoms with Gasteiger partial charge in [-0.25, -0.2) is 0 Å². The third-order valence-corrected chi connectivity index (χ3v) is 2.99. The molecule has 2 nitrogen and oxygen atoms in total. The molecule has 0 aromatic heterocycles. The van der Waals surface area contributed by atoms with Crippen molar-refractivity contribution in [2.24, 2.45) is 11.1 Å². The normalized spacial score (nSPS) is 19.7. The van der Waals surface area contributed by atoms with E-state index in [1.165, 1.54) is 24.6 Å². The van der Waals surface area contributed by atoms with Gasteiger partial charge in [-0.2, -0.15) is 0 Å². The van der Waals surface area contributed by atoms with Crippen LogP contribution in [0.4, 0.5) is 0 Å². The number of aryl methyl sites for hydroxylation is 1. The topological polar surface area (TPSA) is 43.1 Å². The van der Waals surface area contributed by atoms with Crippen LogP contribution in [-0.4, -0.2) is 13.8 Å². The fraction of sp³-hybridized carbons (Fsp3) is 0.500. The fourth-order valence-electron chi connectivity index (χ4n) is 1.83. The lowest BCUT2D eigenvalue weighted by atomic mass is 10.0. The first-order chi connectivity index (χ1) is 7.59. The highest BCUT2D eigenvalue weighted by Gasteiger charge is 2.46. The van der Waals surface area contributed by atoms with Gasteiger partial charge in [0.05, 0.1) is 0 Å². The van der Waals surface area contributed by atoms with Gasteiger partial charge in [0.25, 0.3) is 0 Å². The number of carbonyl (C=O) groups excluding carboxylic acids is 1. The molecule has 0 heterocycles. The minimum Gasteiger partial charge on any atom is -0.333 e. The summed E-state index contributed by atoms with van der Waals surface area (Å²) < 4.78 is 0. The van der Waals surface area contributed by atoms with Crippen LogP contribution >= 0.6 is 0 Å². The van der Waals surface area contributed by atoms with E-state index < -0.39 is 0 Å². The van der Waals surface area contributed by atoms with Gasteiger partial charge in [0.15, 0.2) is 0 Å². The van der Waals surface area contributed by atoms with Crippen molar-refractivity contribution in [2.45, 2.75) is 33.1 Å². The summed E-state index contributed by atoms with van der Waals surface area (Å²) in [6.45, 7) is 8.83. The maximum atomic E-state index is 8.00. The van der Waals surface area contributed by atoms with Crippen LogP contribution < -0.4 is 5.73 Å². The predicted octanol–water partition coefficient (Wildman–Crippen LogP) is 2.90. The largest absolute Gasteiger partial charge is 0.333 e. The Bertz CT molecular complexity index is 303. The summed E-state index contributed by atoms with van der Waals surface area (Å²) in [5.41, 5.74) is 7.94. The maximum Gasteiger partial charge on any atom is 0.106 e. The Kier molecular flexibility index (Phi) is 5.97. The molecule has 0 bridgehead atoms. The van der Waals surface area contributed by atoms with Crippen LogP contribution in [0.3, 0.4) is 0 Å². The van der Waals surface area contributed by atoms with E-state index >= 15 is 0 Å². The smallest absolute Gasteiger partial charge is 0.106 e.